The number of hydrogen-bond donors (Lipinski definition) is 0. The summed E-state index contributed by atoms with van der Waals surface area (Å²) >= 11 is 0. The minimum atomic E-state index is -0.351. The predicted octanol–water partition coefficient (Wildman–Crippen LogP) is 1.97. The summed E-state index contributed by atoms with van der Waals surface area (Å²) in [6, 6.07) is 5.97. The summed E-state index contributed by atoms with van der Waals surface area (Å²) in [5, 5.41) is 0. The molecule has 1 fully saturated rings. The highest BCUT2D eigenvalue weighted by molar-refractivity contribution is 5.89. The lowest BCUT2D eigenvalue weighted by molar-refractivity contribution is -0.123. The smallest absolute Gasteiger partial charge is 0.231 e. The summed E-state index contributed by atoms with van der Waals surface area (Å²) in [4.78, 5) is 14.0. The van der Waals surface area contributed by atoms with Crippen LogP contribution in [0.5, 0.6) is 11.5 Å². The van der Waals surface area contributed by atoms with E-state index in [1.54, 1.807) is 0 Å². The molecule has 2 aliphatic rings. The molecule has 1 saturated heterocycles. The average Bonchev–Trinajstić information content (AvgIpc) is 2.89. The third-order valence-corrected chi connectivity index (χ3v) is 3.89. The van der Waals surface area contributed by atoms with E-state index < -0.39 is 0 Å². The van der Waals surface area contributed by atoms with Gasteiger partial charge in [0.25, 0.3) is 0 Å². The molecule has 0 amide bonds. The number of Topliss-reactive ketones (excluding diaryl/α,β-unsaturated/α-hetero) is 1. The maximum atomic E-state index is 11.8. The zero-order valence-corrected chi connectivity index (χ0v) is 10.7. The van der Waals surface area contributed by atoms with E-state index in [4.69, 9.17) is 9.47 Å². The Hall–Kier alpha value is -1.55. The van der Waals surface area contributed by atoms with Crippen LogP contribution in [0.1, 0.15) is 25.8 Å². The van der Waals surface area contributed by atoms with E-state index in [9.17, 15) is 4.79 Å². The van der Waals surface area contributed by atoms with Crippen LogP contribution in [-0.2, 0) is 11.3 Å². The van der Waals surface area contributed by atoms with Gasteiger partial charge in [-0.1, -0.05) is 6.07 Å². The Morgan fingerprint density at radius 1 is 1.28 bits per heavy atom. The van der Waals surface area contributed by atoms with Gasteiger partial charge in [-0.15, -0.1) is 0 Å². The van der Waals surface area contributed by atoms with E-state index in [1.807, 2.05) is 32.0 Å². The van der Waals surface area contributed by atoms with Gasteiger partial charge in [0, 0.05) is 19.5 Å². The molecule has 0 bridgehead atoms. The van der Waals surface area contributed by atoms with E-state index in [1.165, 1.54) is 0 Å². The first kappa shape index (κ1) is 11.5. The van der Waals surface area contributed by atoms with Crippen LogP contribution < -0.4 is 9.47 Å². The molecular formula is C14H17NO3. The van der Waals surface area contributed by atoms with Gasteiger partial charge in [0.05, 0.1) is 5.54 Å². The van der Waals surface area contributed by atoms with Crippen molar-refractivity contribution in [2.75, 3.05) is 13.3 Å². The minimum Gasteiger partial charge on any atom is -0.454 e. The summed E-state index contributed by atoms with van der Waals surface area (Å²) in [5.41, 5.74) is 0.804. The summed E-state index contributed by atoms with van der Waals surface area (Å²) in [6.07, 6.45) is 0.650. The van der Waals surface area contributed by atoms with Crippen molar-refractivity contribution in [2.45, 2.75) is 32.4 Å². The third kappa shape index (κ3) is 1.77. The van der Waals surface area contributed by atoms with Gasteiger partial charge in [-0.05, 0) is 31.5 Å². The molecule has 4 nitrogen and oxygen atoms in total. The largest absolute Gasteiger partial charge is 0.454 e. The maximum absolute atomic E-state index is 11.8. The molecule has 2 aliphatic heterocycles. The number of rotatable bonds is 2. The third-order valence-electron chi connectivity index (χ3n) is 3.89. The second-order valence-corrected chi connectivity index (χ2v) is 5.34. The molecule has 96 valence electrons. The molecular weight excluding hydrogens is 230 g/mol. The van der Waals surface area contributed by atoms with Crippen molar-refractivity contribution in [3.05, 3.63) is 23.8 Å². The van der Waals surface area contributed by atoms with Crippen molar-refractivity contribution < 1.29 is 14.3 Å². The molecule has 18 heavy (non-hydrogen) atoms. The molecule has 0 unspecified atom stereocenters. The molecule has 1 aromatic carbocycles. The SMILES string of the molecule is CC1(C)C(=O)CCN1Cc1ccc2c(c1)OCO2. The van der Waals surface area contributed by atoms with E-state index in [0.29, 0.717) is 19.0 Å². The molecule has 0 aromatic heterocycles. The van der Waals surface area contributed by atoms with Gasteiger partial charge < -0.3 is 9.47 Å². The second kappa shape index (κ2) is 3.99. The lowest BCUT2D eigenvalue weighted by Crippen LogP contribution is -2.42. The number of likely N-dealkylation sites (tertiary alicyclic amines) is 1. The number of hydrogen-bond acceptors (Lipinski definition) is 4. The Balaban J connectivity index is 1.79. The van der Waals surface area contributed by atoms with Crippen molar-refractivity contribution in [1.82, 2.24) is 4.90 Å². The van der Waals surface area contributed by atoms with Crippen LogP contribution in [0, 0.1) is 0 Å². The number of benzene rings is 1. The van der Waals surface area contributed by atoms with E-state index in [2.05, 4.69) is 4.90 Å². The first-order valence-electron chi connectivity index (χ1n) is 6.24. The lowest BCUT2D eigenvalue weighted by Gasteiger charge is -2.29. The van der Waals surface area contributed by atoms with Crippen LogP contribution in [0.3, 0.4) is 0 Å². The topological polar surface area (TPSA) is 38.8 Å². The Kier molecular flexibility index (Phi) is 2.55. The van der Waals surface area contributed by atoms with Crippen LogP contribution in [-0.4, -0.2) is 29.6 Å². The van der Waals surface area contributed by atoms with Crippen molar-refractivity contribution in [1.29, 1.82) is 0 Å². The highest BCUT2D eigenvalue weighted by Crippen LogP contribution is 2.34. The zero-order valence-electron chi connectivity index (χ0n) is 10.7. The second-order valence-electron chi connectivity index (χ2n) is 5.34. The molecule has 0 saturated carbocycles. The highest BCUT2D eigenvalue weighted by Gasteiger charge is 2.39. The molecule has 0 atom stereocenters. The summed E-state index contributed by atoms with van der Waals surface area (Å²) in [6.45, 7) is 5.90. The quantitative estimate of drug-likeness (QED) is 0.801. The number of nitrogens with zero attached hydrogens (tertiary/aromatic N) is 1. The highest BCUT2D eigenvalue weighted by atomic mass is 16.7. The van der Waals surface area contributed by atoms with E-state index >= 15 is 0 Å². The summed E-state index contributed by atoms with van der Waals surface area (Å²) in [5.74, 6) is 1.93. The van der Waals surface area contributed by atoms with Crippen LogP contribution in [0.25, 0.3) is 0 Å². The van der Waals surface area contributed by atoms with Gasteiger partial charge in [-0.3, -0.25) is 9.69 Å². The van der Waals surface area contributed by atoms with Crippen molar-refractivity contribution in [3.63, 3.8) is 0 Å². The summed E-state index contributed by atoms with van der Waals surface area (Å²) in [7, 11) is 0. The Labute approximate surface area is 106 Å². The molecule has 0 radical (unpaired) electrons. The standard InChI is InChI=1S/C14H17NO3/c1-14(2)13(16)5-6-15(14)8-10-3-4-11-12(7-10)18-9-17-11/h3-4,7H,5-6,8-9H2,1-2H3. The van der Waals surface area contributed by atoms with Gasteiger partial charge in [-0.2, -0.15) is 0 Å². The number of fused-ring (bicyclic) bond motifs is 1. The number of ketones is 1. The van der Waals surface area contributed by atoms with Crippen molar-refractivity contribution >= 4 is 5.78 Å². The maximum Gasteiger partial charge on any atom is 0.231 e. The van der Waals surface area contributed by atoms with Gasteiger partial charge in [0.1, 0.15) is 0 Å². The molecule has 3 rings (SSSR count). The van der Waals surface area contributed by atoms with Gasteiger partial charge >= 0.3 is 0 Å². The van der Waals surface area contributed by atoms with Gasteiger partial charge in [-0.25, -0.2) is 0 Å². The molecule has 0 aliphatic carbocycles. The molecule has 0 N–H and O–H groups in total. The van der Waals surface area contributed by atoms with Crippen molar-refractivity contribution in [3.8, 4) is 11.5 Å². The lowest BCUT2D eigenvalue weighted by atomic mass is 10.00. The van der Waals surface area contributed by atoms with E-state index in [0.717, 1.165) is 30.2 Å². The van der Waals surface area contributed by atoms with Crippen LogP contribution in [0.15, 0.2) is 18.2 Å². The molecule has 0 spiro atoms. The molecule has 1 aromatic rings. The van der Waals surface area contributed by atoms with Crippen LogP contribution in [0.2, 0.25) is 0 Å². The number of carbonyl (C=O) groups excluding carboxylic acids is 1. The number of carbonyl (C=O) groups is 1. The Morgan fingerprint density at radius 3 is 2.78 bits per heavy atom. The molecule has 4 heteroatoms. The number of ether oxygens (including phenoxy) is 2. The van der Waals surface area contributed by atoms with E-state index in [-0.39, 0.29) is 5.54 Å². The average molecular weight is 247 g/mol. The fourth-order valence-electron chi connectivity index (χ4n) is 2.53. The molecule has 2 heterocycles. The van der Waals surface area contributed by atoms with Crippen LogP contribution >= 0.6 is 0 Å². The zero-order chi connectivity index (χ0) is 12.8. The Bertz CT molecular complexity index is 496. The minimum absolute atomic E-state index is 0.298. The normalized spacial score (nSPS) is 21.6. The summed E-state index contributed by atoms with van der Waals surface area (Å²) < 4.78 is 10.7. The fraction of sp³-hybridized carbons (Fsp3) is 0.500. The monoisotopic (exact) mass is 247 g/mol. The van der Waals surface area contributed by atoms with Crippen molar-refractivity contribution in [2.24, 2.45) is 0 Å². The first-order valence-corrected chi connectivity index (χ1v) is 6.24. The fourth-order valence-corrected chi connectivity index (χ4v) is 2.53. The van der Waals surface area contributed by atoms with Gasteiger partial charge in [0.15, 0.2) is 17.3 Å². The Morgan fingerprint density at radius 2 is 2.06 bits per heavy atom. The predicted molar refractivity (Wildman–Crippen MR) is 66.7 cm³/mol. The van der Waals surface area contributed by atoms with Crippen LogP contribution in [0.4, 0.5) is 0 Å². The van der Waals surface area contributed by atoms with Gasteiger partial charge in [0.2, 0.25) is 6.79 Å². The first-order chi connectivity index (χ1) is 8.57.